The number of hydrogen-bond acceptors (Lipinski definition) is 6. The molecule has 2 aromatic rings. The molecule has 10 heteroatoms. The summed E-state index contributed by atoms with van der Waals surface area (Å²) in [6.07, 6.45) is 2.77. The molecule has 0 saturated carbocycles. The predicted octanol–water partition coefficient (Wildman–Crippen LogP) is 2.22. The average Bonchev–Trinajstić information content (AvgIpc) is 3.22. The lowest BCUT2D eigenvalue weighted by molar-refractivity contribution is -0.127. The van der Waals surface area contributed by atoms with Gasteiger partial charge in [-0.1, -0.05) is 30.3 Å². The fraction of sp³-hybridized carbons (Fsp3) is 0.520. The van der Waals surface area contributed by atoms with Crippen LogP contribution in [-0.2, 0) is 20.9 Å². The molecule has 1 aromatic heterocycles. The third-order valence-electron chi connectivity index (χ3n) is 5.50. The minimum absolute atomic E-state index is 0.0676. The van der Waals surface area contributed by atoms with E-state index in [9.17, 15) is 14.4 Å². The van der Waals surface area contributed by atoms with Crippen LogP contribution >= 0.6 is 0 Å². The van der Waals surface area contributed by atoms with Crippen LogP contribution in [-0.4, -0.2) is 70.9 Å². The Morgan fingerprint density at radius 3 is 2.57 bits per heavy atom. The number of nitrogens with zero attached hydrogens (tertiary/aromatic N) is 3. The maximum Gasteiger partial charge on any atom is 0.407 e. The van der Waals surface area contributed by atoms with Crippen LogP contribution in [0.5, 0.6) is 0 Å². The van der Waals surface area contributed by atoms with Crippen LogP contribution in [0.15, 0.2) is 42.6 Å². The Labute approximate surface area is 206 Å². The van der Waals surface area contributed by atoms with E-state index in [0.717, 1.165) is 24.9 Å². The molecule has 1 fully saturated rings. The number of alkyl carbamates (subject to hydrolysis) is 1. The summed E-state index contributed by atoms with van der Waals surface area (Å²) in [7, 11) is 0. The molecule has 2 heterocycles. The van der Waals surface area contributed by atoms with E-state index >= 15 is 0 Å². The average molecular weight is 485 g/mol. The molecule has 10 nitrogen and oxygen atoms in total. The van der Waals surface area contributed by atoms with Crippen molar-refractivity contribution in [2.45, 2.75) is 45.8 Å². The third kappa shape index (κ3) is 9.05. The van der Waals surface area contributed by atoms with E-state index in [1.54, 1.807) is 37.7 Å². The molecule has 0 bridgehead atoms. The molecule has 1 aliphatic heterocycles. The van der Waals surface area contributed by atoms with Crippen molar-refractivity contribution >= 4 is 23.7 Å². The van der Waals surface area contributed by atoms with E-state index in [1.165, 1.54) is 0 Å². The Bertz CT molecular complexity index is 985. The van der Waals surface area contributed by atoms with E-state index < -0.39 is 11.7 Å². The zero-order valence-corrected chi connectivity index (χ0v) is 20.8. The summed E-state index contributed by atoms with van der Waals surface area (Å²) >= 11 is 0. The molecule has 0 aliphatic carbocycles. The number of piperidine rings is 1. The highest BCUT2D eigenvalue weighted by Crippen LogP contribution is 2.17. The number of ether oxygens (including phenoxy) is 1. The second kappa shape index (κ2) is 12.3. The minimum Gasteiger partial charge on any atom is -0.444 e. The number of carbonyl (C=O) groups is 3. The molecule has 3 N–H and O–H groups in total. The van der Waals surface area contributed by atoms with E-state index in [4.69, 9.17) is 4.74 Å². The summed E-state index contributed by atoms with van der Waals surface area (Å²) in [5.74, 6) is 0.244. The Morgan fingerprint density at radius 1 is 1.09 bits per heavy atom. The molecule has 1 atom stereocenters. The van der Waals surface area contributed by atoms with Gasteiger partial charge in [-0.05, 0) is 45.7 Å². The lowest BCUT2D eigenvalue weighted by atomic mass is 9.97. The number of rotatable bonds is 9. The molecular weight excluding hydrogens is 448 g/mol. The van der Waals surface area contributed by atoms with Crippen molar-refractivity contribution in [2.75, 3.05) is 38.0 Å². The Kier molecular flexibility index (Phi) is 9.25. The van der Waals surface area contributed by atoms with Crippen LogP contribution in [0.2, 0.25) is 0 Å². The lowest BCUT2D eigenvalue weighted by Crippen LogP contribution is -2.46. The van der Waals surface area contributed by atoms with Gasteiger partial charge in [-0.15, -0.1) is 0 Å². The zero-order valence-electron chi connectivity index (χ0n) is 20.8. The quantitative estimate of drug-likeness (QED) is 0.470. The van der Waals surface area contributed by atoms with Gasteiger partial charge < -0.3 is 20.7 Å². The Morgan fingerprint density at radius 2 is 1.83 bits per heavy atom. The summed E-state index contributed by atoms with van der Waals surface area (Å²) in [4.78, 5) is 39.0. The topological polar surface area (TPSA) is 118 Å². The number of likely N-dealkylation sites (tertiary alicyclic amines) is 1. The number of amides is 3. The molecular formula is C25H36N6O4. The van der Waals surface area contributed by atoms with Gasteiger partial charge in [0.15, 0.2) is 0 Å². The second-order valence-corrected chi connectivity index (χ2v) is 9.70. The maximum atomic E-state index is 12.7. The van der Waals surface area contributed by atoms with Crippen LogP contribution in [0.3, 0.4) is 0 Å². The molecule has 35 heavy (non-hydrogen) atoms. The summed E-state index contributed by atoms with van der Waals surface area (Å²) in [5.41, 5.74) is 0.532. The lowest BCUT2D eigenvalue weighted by Gasteiger charge is -2.31. The molecule has 1 aliphatic rings. The smallest absolute Gasteiger partial charge is 0.407 e. The van der Waals surface area contributed by atoms with Crippen LogP contribution in [0.4, 0.5) is 10.6 Å². The van der Waals surface area contributed by atoms with Gasteiger partial charge in [-0.2, -0.15) is 5.10 Å². The SMILES string of the molecule is CC(C)(C)OC(=O)NCCNC(=O)C1CCCN(CC(=O)Nc2ccnn2Cc2ccccc2)C1. The van der Waals surface area contributed by atoms with Crippen molar-refractivity contribution < 1.29 is 19.1 Å². The zero-order chi connectivity index (χ0) is 25.3. The molecule has 0 radical (unpaired) electrons. The van der Waals surface area contributed by atoms with Gasteiger partial charge in [0, 0.05) is 25.7 Å². The summed E-state index contributed by atoms with van der Waals surface area (Å²) in [5, 5.41) is 12.7. The van der Waals surface area contributed by atoms with Crippen molar-refractivity contribution in [3.8, 4) is 0 Å². The summed E-state index contributed by atoms with van der Waals surface area (Å²) in [6.45, 7) is 8.05. The molecule has 1 saturated heterocycles. The van der Waals surface area contributed by atoms with Crippen LogP contribution in [0.1, 0.15) is 39.2 Å². The third-order valence-corrected chi connectivity index (χ3v) is 5.50. The van der Waals surface area contributed by atoms with Crippen molar-refractivity contribution in [1.29, 1.82) is 0 Å². The van der Waals surface area contributed by atoms with Crippen molar-refractivity contribution in [1.82, 2.24) is 25.3 Å². The number of hydrogen-bond donors (Lipinski definition) is 3. The van der Waals surface area contributed by atoms with Gasteiger partial charge >= 0.3 is 6.09 Å². The first-order chi connectivity index (χ1) is 16.7. The first kappa shape index (κ1) is 26.2. The molecule has 1 unspecified atom stereocenters. The maximum absolute atomic E-state index is 12.7. The molecule has 3 rings (SSSR count). The monoisotopic (exact) mass is 484 g/mol. The largest absolute Gasteiger partial charge is 0.444 e. The van der Waals surface area contributed by atoms with E-state index in [-0.39, 0.29) is 30.8 Å². The van der Waals surface area contributed by atoms with Gasteiger partial charge in [-0.3, -0.25) is 14.5 Å². The highest BCUT2D eigenvalue weighted by molar-refractivity contribution is 5.91. The van der Waals surface area contributed by atoms with Crippen molar-refractivity contribution in [3.63, 3.8) is 0 Å². The van der Waals surface area contributed by atoms with E-state index in [1.807, 2.05) is 35.2 Å². The van der Waals surface area contributed by atoms with Gasteiger partial charge in [-0.25, -0.2) is 9.48 Å². The molecule has 0 spiro atoms. The second-order valence-electron chi connectivity index (χ2n) is 9.70. The minimum atomic E-state index is -0.563. The number of nitrogens with one attached hydrogen (secondary N) is 3. The summed E-state index contributed by atoms with van der Waals surface area (Å²) < 4.78 is 6.93. The number of anilines is 1. The number of aromatic nitrogens is 2. The van der Waals surface area contributed by atoms with E-state index in [0.29, 0.717) is 25.5 Å². The van der Waals surface area contributed by atoms with Gasteiger partial charge in [0.2, 0.25) is 11.8 Å². The Balaban J connectivity index is 1.40. The van der Waals surface area contributed by atoms with Gasteiger partial charge in [0.1, 0.15) is 11.4 Å². The van der Waals surface area contributed by atoms with Crippen LogP contribution in [0.25, 0.3) is 0 Å². The summed E-state index contributed by atoms with van der Waals surface area (Å²) in [6, 6.07) is 11.7. The molecule has 1 aromatic carbocycles. The first-order valence-electron chi connectivity index (χ1n) is 12.0. The van der Waals surface area contributed by atoms with Crippen LogP contribution < -0.4 is 16.0 Å². The first-order valence-corrected chi connectivity index (χ1v) is 12.0. The van der Waals surface area contributed by atoms with Gasteiger partial charge in [0.05, 0.1) is 25.2 Å². The Hall–Kier alpha value is -3.40. The normalized spacial score (nSPS) is 16.4. The molecule has 3 amide bonds. The number of benzene rings is 1. The van der Waals surface area contributed by atoms with Crippen molar-refractivity contribution in [2.24, 2.45) is 5.92 Å². The van der Waals surface area contributed by atoms with Gasteiger partial charge in [0.25, 0.3) is 0 Å². The fourth-order valence-electron chi connectivity index (χ4n) is 3.93. The standard InChI is InChI=1S/C25H36N6O4/c1-25(2,3)35-24(34)27-14-13-26-23(33)20-10-7-15-30(17-20)18-22(32)29-21-11-12-28-31(21)16-19-8-5-4-6-9-19/h4-6,8-9,11-12,20H,7,10,13-18H2,1-3H3,(H,26,33)(H,27,34)(H,29,32). The fourth-order valence-corrected chi connectivity index (χ4v) is 3.93. The van der Waals surface area contributed by atoms with Crippen LogP contribution in [0, 0.1) is 5.92 Å². The van der Waals surface area contributed by atoms with Crippen molar-refractivity contribution in [3.05, 3.63) is 48.2 Å². The predicted molar refractivity (Wildman–Crippen MR) is 133 cm³/mol. The highest BCUT2D eigenvalue weighted by Gasteiger charge is 2.27. The number of carbonyl (C=O) groups excluding carboxylic acids is 3. The molecule has 190 valence electrons. The highest BCUT2D eigenvalue weighted by atomic mass is 16.6. The van der Waals surface area contributed by atoms with E-state index in [2.05, 4.69) is 21.0 Å².